The number of nitrogens with one attached hydrogen (secondary N) is 3. The largest absolute Gasteiger partial charge is 0.350 e. The minimum absolute atomic E-state index is 0.0741. The number of unbranched alkanes of at least 4 members (excludes halogenated alkanes) is 1. The number of H-pyrrole nitrogens is 1. The highest BCUT2D eigenvalue weighted by Gasteiger charge is 2.16. The number of rotatable bonds is 8. The average molecular weight is 418 g/mol. The highest BCUT2D eigenvalue weighted by Crippen LogP contribution is 2.25. The predicted molar refractivity (Wildman–Crippen MR) is 113 cm³/mol. The van der Waals surface area contributed by atoms with E-state index in [2.05, 4.69) is 15.0 Å². The molecule has 0 unspecified atom stereocenters. The zero-order valence-electron chi connectivity index (χ0n) is 16.4. The number of halogens is 1. The Morgan fingerprint density at radius 1 is 1.14 bits per heavy atom. The van der Waals surface area contributed by atoms with E-state index in [-0.39, 0.29) is 24.0 Å². The molecule has 0 aliphatic rings. The van der Waals surface area contributed by atoms with Gasteiger partial charge in [0.15, 0.2) is 0 Å². The molecule has 0 saturated carbocycles. The van der Waals surface area contributed by atoms with Gasteiger partial charge in [0.25, 0.3) is 5.91 Å². The van der Waals surface area contributed by atoms with Gasteiger partial charge in [0.2, 0.25) is 10.0 Å². The summed E-state index contributed by atoms with van der Waals surface area (Å²) in [7, 11) is -3.40. The Balaban J connectivity index is 1.76. The maximum Gasteiger partial charge on any atom is 0.268 e. The summed E-state index contributed by atoms with van der Waals surface area (Å²) in [5.74, 6) is -0.536. The summed E-state index contributed by atoms with van der Waals surface area (Å²) < 4.78 is 39.8. The Hall–Kier alpha value is -2.87. The Labute approximate surface area is 169 Å². The van der Waals surface area contributed by atoms with Crippen LogP contribution in [-0.4, -0.2) is 25.1 Å². The monoisotopic (exact) mass is 417 g/mol. The quantitative estimate of drug-likeness (QED) is 0.516. The second-order valence-electron chi connectivity index (χ2n) is 6.97. The van der Waals surface area contributed by atoms with Crippen LogP contribution in [0.1, 0.15) is 41.4 Å². The molecular formula is C21H24FN3O3S. The molecule has 0 fully saturated rings. The number of benzene rings is 2. The number of carbonyl (C=O) groups excluding carboxylic acids is 1. The number of hydrogen-bond donors (Lipinski definition) is 3. The molecule has 6 nitrogen and oxygen atoms in total. The van der Waals surface area contributed by atoms with Gasteiger partial charge >= 0.3 is 0 Å². The Bertz CT molecular complexity index is 1120. The summed E-state index contributed by atoms with van der Waals surface area (Å²) in [6.45, 7) is 4.02. The summed E-state index contributed by atoms with van der Waals surface area (Å²) in [6.07, 6.45) is 1.40. The Kier molecular flexibility index (Phi) is 6.22. The average Bonchev–Trinajstić information content (AvgIpc) is 3.02. The van der Waals surface area contributed by atoms with E-state index in [0.29, 0.717) is 17.8 Å². The molecule has 3 N–H and O–H groups in total. The Morgan fingerprint density at radius 3 is 2.55 bits per heavy atom. The van der Waals surface area contributed by atoms with Gasteiger partial charge in [0.05, 0.1) is 5.75 Å². The van der Waals surface area contributed by atoms with Crippen molar-refractivity contribution >= 4 is 32.5 Å². The lowest BCUT2D eigenvalue weighted by Crippen LogP contribution is -2.23. The van der Waals surface area contributed by atoms with E-state index < -0.39 is 10.0 Å². The fourth-order valence-electron chi connectivity index (χ4n) is 3.06. The van der Waals surface area contributed by atoms with E-state index in [0.717, 1.165) is 28.5 Å². The summed E-state index contributed by atoms with van der Waals surface area (Å²) in [6, 6.07) is 11.1. The number of aromatic nitrogens is 1. The van der Waals surface area contributed by atoms with Crippen LogP contribution in [0.2, 0.25) is 0 Å². The summed E-state index contributed by atoms with van der Waals surface area (Å²) >= 11 is 0. The molecule has 0 spiro atoms. The number of fused-ring (bicyclic) bond motifs is 1. The van der Waals surface area contributed by atoms with Crippen LogP contribution in [0.5, 0.6) is 0 Å². The third kappa shape index (κ3) is 5.14. The first-order valence-corrected chi connectivity index (χ1v) is 11.1. The molecule has 3 aromatic rings. The Morgan fingerprint density at radius 2 is 1.86 bits per heavy atom. The molecule has 1 aromatic heterocycles. The van der Waals surface area contributed by atoms with E-state index in [1.54, 1.807) is 37.3 Å². The predicted octanol–water partition coefficient (Wildman–Crippen LogP) is 4.09. The fourth-order valence-corrected chi connectivity index (χ4v) is 4.31. The van der Waals surface area contributed by atoms with E-state index in [9.17, 15) is 17.6 Å². The van der Waals surface area contributed by atoms with Crippen molar-refractivity contribution in [3.63, 3.8) is 0 Å². The van der Waals surface area contributed by atoms with Crippen molar-refractivity contribution in [2.45, 2.75) is 33.2 Å². The third-order valence-corrected chi connectivity index (χ3v) is 6.06. The number of amides is 1. The molecule has 29 heavy (non-hydrogen) atoms. The first-order valence-electron chi connectivity index (χ1n) is 9.44. The fraction of sp³-hybridized carbons (Fsp3) is 0.286. The summed E-state index contributed by atoms with van der Waals surface area (Å²) in [5, 5.41) is 3.58. The van der Waals surface area contributed by atoms with Crippen molar-refractivity contribution in [1.29, 1.82) is 0 Å². The van der Waals surface area contributed by atoms with Crippen LogP contribution < -0.4 is 10.0 Å². The van der Waals surface area contributed by atoms with Crippen LogP contribution >= 0.6 is 0 Å². The second kappa shape index (κ2) is 8.65. The van der Waals surface area contributed by atoms with Crippen molar-refractivity contribution in [2.24, 2.45) is 0 Å². The number of anilines is 1. The second-order valence-corrected chi connectivity index (χ2v) is 8.81. The molecule has 0 saturated heterocycles. The lowest BCUT2D eigenvalue weighted by molar-refractivity contribution is 0.0946. The van der Waals surface area contributed by atoms with Crippen molar-refractivity contribution in [2.75, 3.05) is 10.5 Å². The van der Waals surface area contributed by atoms with Crippen molar-refractivity contribution in [3.8, 4) is 0 Å². The number of sulfonamides is 1. The molecule has 0 aliphatic carbocycles. The zero-order chi connectivity index (χ0) is 21.0. The molecule has 0 bridgehead atoms. The van der Waals surface area contributed by atoms with E-state index in [1.807, 2.05) is 6.92 Å². The molecule has 2 aromatic carbocycles. The zero-order valence-corrected chi connectivity index (χ0v) is 17.2. The van der Waals surface area contributed by atoms with Crippen LogP contribution in [-0.2, 0) is 16.6 Å². The van der Waals surface area contributed by atoms with Gasteiger partial charge in [0.1, 0.15) is 11.5 Å². The first kappa shape index (κ1) is 20.9. The van der Waals surface area contributed by atoms with Gasteiger partial charge in [-0.3, -0.25) is 9.52 Å². The highest BCUT2D eigenvalue weighted by molar-refractivity contribution is 7.92. The van der Waals surface area contributed by atoms with Crippen LogP contribution in [0.25, 0.3) is 10.9 Å². The highest BCUT2D eigenvalue weighted by atomic mass is 32.2. The van der Waals surface area contributed by atoms with Gasteiger partial charge in [-0.1, -0.05) is 25.5 Å². The minimum Gasteiger partial charge on any atom is -0.350 e. The first-order chi connectivity index (χ1) is 13.8. The lowest BCUT2D eigenvalue weighted by Gasteiger charge is -2.07. The standard InChI is InChI=1S/C21H24FN3O3S/c1-3-4-11-29(27,28)25-17-9-10-19-18(12-17)14(2)20(24-19)21(26)23-13-15-5-7-16(22)8-6-15/h5-10,12,24-25H,3-4,11,13H2,1-2H3,(H,23,26). The molecule has 1 amide bonds. The van der Waals surface area contributed by atoms with Crippen molar-refractivity contribution < 1.29 is 17.6 Å². The summed E-state index contributed by atoms with van der Waals surface area (Å²) in [4.78, 5) is 15.7. The molecule has 0 atom stereocenters. The van der Waals surface area contributed by atoms with E-state index in [4.69, 9.17) is 0 Å². The molecule has 0 radical (unpaired) electrons. The van der Waals surface area contributed by atoms with Gasteiger partial charge in [-0.2, -0.15) is 0 Å². The smallest absolute Gasteiger partial charge is 0.268 e. The van der Waals surface area contributed by atoms with Crippen molar-refractivity contribution in [1.82, 2.24) is 10.3 Å². The minimum atomic E-state index is -3.40. The van der Waals surface area contributed by atoms with Gasteiger partial charge in [-0.05, 0) is 54.8 Å². The van der Waals surface area contributed by atoms with Crippen molar-refractivity contribution in [3.05, 3.63) is 65.1 Å². The number of aromatic amines is 1. The van der Waals surface area contributed by atoms with Crippen LogP contribution in [0.3, 0.4) is 0 Å². The molecule has 3 rings (SSSR count). The normalized spacial score (nSPS) is 11.6. The molecule has 154 valence electrons. The van der Waals surface area contributed by atoms with E-state index >= 15 is 0 Å². The maximum atomic E-state index is 13.0. The molecule has 0 aliphatic heterocycles. The van der Waals surface area contributed by atoms with Crippen LogP contribution in [0.4, 0.5) is 10.1 Å². The van der Waals surface area contributed by atoms with Crippen LogP contribution in [0, 0.1) is 12.7 Å². The van der Waals surface area contributed by atoms with E-state index in [1.165, 1.54) is 12.1 Å². The van der Waals surface area contributed by atoms with Crippen LogP contribution in [0.15, 0.2) is 42.5 Å². The number of hydrogen-bond acceptors (Lipinski definition) is 3. The number of aryl methyl sites for hydroxylation is 1. The van der Waals surface area contributed by atoms with Gasteiger partial charge < -0.3 is 10.3 Å². The third-order valence-electron chi connectivity index (χ3n) is 4.69. The van der Waals surface area contributed by atoms with Gasteiger partial charge in [-0.25, -0.2) is 12.8 Å². The van der Waals surface area contributed by atoms with Gasteiger partial charge in [0, 0.05) is 23.1 Å². The summed E-state index contributed by atoms with van der Waals surface area (Å²) in [5.41, 5.74) is 3.14. The molecular weight excluding hydrogens is 393 g/mol. The number of carbonyl (C=O) groups is 1. The maximum absolute atomic E-state index is 13.0. The van der Waals surface area contributed by atoms with Gasteiger partial charge in [-0.15, -0.1) is 0 Å². The topological polar surface area (TPSA) is 91.1 Å². The molecule has 8 heteroatoms. The lowest BCUT2D eigenvalue weighted by atomic mass is 10.1. The molecule has 1 heterocycles. The SMILES string of the molecule is CCCCS(=O)(=O)Nc1ccc2[nH]c(C(=O)NCc3ccc(F)cc3)c(C)c2c1.